The first-order valence-corrected chi connectivity index (χ1v) is 6.81. The normalized spacial score (nSPS) is 10.6. The Morgan fingerprint density at radius 1 is 1.38 bits per heavy atom. The first-order valence-electron chi connectivity index (χ1n) is 5.20. The zero-order valence-electron chi connectivity index (χ0n) is 8.82. The Balaban J connectivity index is 2.18. The van der Waals surface area contributed by atoms with Crippen LogP contribution in [0.5, 0.6) is 0 Å². The van der Waals surface area contributed by atoms with Gasteiger partial charge in [0.1, 0.15) is 5.01 Å². The van der Waals surface area contributed by atoms with Crippen molar-refractivity contribution in [1.82, 2.24) is 4.98 Å². The Kier molecular flexibility index (Phi) is 4.09. The van der Waals surface area contributed by atoms with Gasteiger partial charge in [-0.25, -0.2) is 4.98 Å². The number of thiazole rings is 1. The molecule has 0 bridgehead atoms. The first-order chi connectivity index (χ1) is 7.79. The second-order valence-corrected chi connectivity index (χ2v) is 5.57. The van der Waals surface area contributed by atoms with E-state index in [1.807, 2.05) is 18.3 Å². The Morgan fingerprint density at radius 3 is 3.00 bits per heavy atom. The van der Waals surface area contributed by atoms with Crippen molar-refractivity contribution in [3.05, 3.63) is 39.8 Å². The molecule has 4 heteroatoms. The molecule has 0 spiro atoms. The average molecular weight is 297 g/mol. The maximum absolute atomic E-state index is 5.49. The fourth-order valence-electron chi connectivity index (χ4n) is 1.45. The number of aryl methyl sites for hydroxylation is 1. The third kappa shape index (κ3) is 2.90. The number of benzene rings is 1. The lowest BCUT2D eigenvalue weighted by molar-refractivity contribution is 0.841. The molecule has 1 aromatic heterocycles. The van der Waals surface area contributed by atoms with Crippen molar-refractivity contribution >= 4 is 27.3 Å². The molecule has 16 heavy (non-hydrogen) atoms. The van der Waals surface area contributed by atoms with E-state index in [4.69, 9.17) is 5.73 Å². The highest BCUT2D eigenvalue weighted by molar-refractivity contribution is 9.10. The van der Waals surface area contributed by atoms with Crippen molar-refractivity contribution in [1.29, 1.82) is 0 Å². The van der Waals surface area contributed by atoms with Gasteiger partial charge in [0.15, 0.2) is 0 Å². The van der Waals surface area contributed by atoms with Gasteiger partial charge in [0.25, 0.3) is 0 Å². The molecule has 2 N–H and O–H groups in total. The predicted molar refractivity (Wildman–Crippen MR) is 72.6 cm³/mol. The molecule has 2 nitrogen and oxygen atoms in total. The van der Waals surface area contributed by atoms with Gasteiger partial charge in [-0.05, 0) is 31.5 Å². The van der Waals surface area contributed by atoms with Crippen LogP contribution in [0.1, 0.15) is 11.3 Å². The fourth-order valence-corrected chi connectivity index (χ4v) is 2.80. The van der Waals surface area contributed by atoms with Crippen LogP contribution in [0.2, 0.25) is 0 Å². The molecule has 0 amide bonds. The minimum Gasteiger partial charge on any atom is -0.330 e. The molecule has 0 unspecified atom stereocenters. The van der Waals surface area contributed by atoms with Gasteiger partial charge in [0.2, 0.25) is 0 Å². The van der Waals surface area contributed by atoms with E-state index in [2.05, 4.69) is 33.0 Å². The topological polar surface area (TPSA) is 38.9 Å². The van der Waals surface area contributed by atoms with E-state index in [9.17, 15) is 0 Å². The van der Waals surface area contributed by atoms with Gasteiger partial charge in [-0.15, -0.1) is 11.3 Å². The Morgan fingerprint density at radius 2 is 2.25 bits per heavy atom. The summed E-state index contributed by atoms with van der Waals surface area (Å²) >= 11 is 5.22. The number of aromatic nitrogens is 1. The van der Waals surface area contributed by atoms with Crippen molar-refractivity contribution in [3.8, 4) is 10.6 Å². The smallest absolute Gasteiger partial charge is 0.123 e. The Bertz CT molecular complexity index is 468. The van der Waals surface area contributed by atoms with Crippen LogP contribution in [0.4, 0.5) is 0 Å². The van der Waals surface area contributed by atoms with Crippen molar-refractivity contribution in [3.63, 3.8) is 0 Å². The van der Waals surface area contributed by atoms with E-state index in [1.165, 1.54) is 10.4 Å². The van der Waals surface area contributed by atoms with E-state index in [-0.39, 0.29) is 0 Å². The highest BCUT2D eigenvalue weighted by Gasteiger charge is 2.04. The third-order valence-electron chi connectivity index (χ3n) is 2.25. The molecule has 84 valence electrons. The van der Waals surface area contributed by atoms with Crippen LogP contribution in [-0.2, 0) is 6.42 Å². The fraction of sp³-hybridized carbons (Fsp3) is 0.250. The standard InChI is InChI=1S/C12H13BrN2S/c13-10-4-1-3-9(7-10)12-15-8-11(16-12)5-2-6-14/h1,3-4,7-8H,2,5-6,14H2. The minimum atomic E-state index is 0.740. The van der Waals surface area contributed by atoms with Crippen molar-refractivity contribution in [2.75, 3.05) is 6.54 Å². The molecular weight excluding hydrogens is 284 g/mol. The van der Waals surface area contributed by atoms with Crippen LogP contribution < -0.4 is 5.73 Å². The number of nitrogens with two attached hydrogens (primary N) is 1. The minimum absolute atomic E-state index is 0.740. The molecule has 2 aromatic rings. The SMILES string of the molecule is NCCCc1cnc(-c2cccc(Br)c2)s1. The van der Waals surface area contributed by atoms with Gasteiger partial charge in [0, 0.05) is 21.1 Å². The van der Waals surface area contributed by atoms with Crippen molar-refractivity contribution in [2.45, 2.75) is 12.8 Å². The molecule has 0 aliphatic carbocycles. The van der Waals surface area contributed by atoms with Gasteiger partial charge in [-0.3, -0.25) is 0 Å². The number of nitrogens with zero attached hydrogens (tertiary/aromatic N) is 1. The van der Waals surface area contributed by atoms with E-state index < -0.39 is 0 Å². The molecule has 1 aromatic carbocycles. The van der Waals surface area contributed by atoms with E-state index in [0.717, 1.165) is 28.9 Å². The zero-order valence-corrected chi connectivity index (χ0v) is 11.2. The second-order valence-electron chi connectivity index (χ2n) is 3.53. The molecule has 0 fully saturated rings. The van der Waals surface area contributed by atoms with Crippen LogP contribution in [0.3, 0.4) is 0 Å². The summed E-state index contributed by atoms with van der Waals surface area (Å²) < 4.78 is 1.09. The maximum Gasteiger partial charge on any atom is 0.123 e. The zero-order chi connectivity index (χ0) is 11.4. The van der Waals surface area contributed by atoms with Gasteiger partial charge in [-0.1, -0.05) is 28.1 Å². The summed E-state index contributed by atoms with van der Waals surface area (Å²) in [6.45, 7) is 0.740. The van der Waals surface area contributed by atoms with Crippen LogP contribution >= 0.6 is 27.3 Å². The average Bonchev–Trinajstić information content (AvgIpc) is 2.75. The number of hydrogen-bond donors (Lipinski definition) is 1. The van der Waals surface area contributed by atoms with E-state index in [1.54, 1.807) is 11.3 Å². The number of rotatable bonds is 4. The summed E-state index contributed by atoms with van der Waals surface area (Å²) in [6, 6.07) is 8.22. The molecule has 0 saturated carbocycles. The molecule has 0 atom stereocenters. The largest absolute Gasteiger partial charge is 0.330 e. The predicted octanol–water partition coefficient (Wildman–Crippen LogP) is 3.46. The summed E-state index contributed by atoms with van der Waals surface area (Å²) in [6.07, 6.45) is 4.01. The molecule has 0 radical (unpaired) electrons. The van der Waals surface area contributed by atoms with Crippen molar-refractivity contribution in [2.24, 2.45) is 5.73 Å². The molecule has 0 saturated heterocycles. The van der Waals surface area contributed by atoms with Crippen LogP contribution in [0.25, 0.3) is 10.6 Å². The maximum atomic E-state index is 5.49. The lowest BCUT2D eigenvalue weighted by atomic mass is 10.2. The highest BCUT2D eigenvalue weighted by Crippen LogP contribution is 2.27. The summed E-state index contributed by atoms with van der Waals surface area (Å²) in [4.78, 5) is 5.74. The second kappa shape index (κ2) is 5.57. The van der Waals surface area contributed by atoms with Gasteiger partial charge in [0.05, 0.1) is 0 Å². The van der Waals surface area contributed by atoms with Gasteiger partial charge in [-0.2, -0.15) is 0 Å². The Hall–Kier alpha value is -0.710. The van der Waals surface area contributed by atoms with Gasteiger partial charge < -0.3 is 5.73 Å². The summed E-state index contributed by atoms with van der Waals surface area (Å²) in [7, 11) is 0. The first kappa shape index (κ1) is 11.8. The summed E-state index contributed by atoms with van der Waals surface area (Å²) in [5.41, 5.74) is 6.66. The van der Waals surface area contributed by atoms with Crippen LogP contribution in [0, 0.1) is 0 Å². The molecular formula is C12H13BrN2S. The summed E-state index contributed by atoms with van der Waals surface area (Å²) in [5, 5.41) is 1.08. The van der Waals surface area contributed by atoms with Gasteiger partial charge >= 0.3 is 0 Å². The monoisotopic (exact) mass is 296 g/mol. The lowest BCUT2D eigenvalue weighted by Gasteiger charge is -1.96. The lowest BCUT2D eigenvalue weighted by Crippen LogP contribution is -1.99. The van der Waals surface area contributed by atoms with Crippen LogP contribution in [-0.4, -0.2) is 11.5 Å². The third-order valence-corrected chi connectivity index (χ3v) is 3.85. The number of halogens is 1. The molecule has 0 aliphatic rings. The quantitative estimate of drug-likeness (QED) is 0.938. The van der Waals surface area contributed by atoms with E-state index >= 15 is 0 Å². The van der Waals surface area contributed by atoms with Crippen molar-refractivity contribution < 1.29 is 0 Å². The highest BCUT2D eigenvalue weighted by atomic mass is 79.9. The Labute approximate surface area is 108 Å². The number of hydrogen-bond acceptors (Lipinski definition) is 3. The molecule has 1 heterocycles. The molecule has 0 aliphatic heterocycles. The summed E-state index contributed by atoms with van der Waals surface area (Å²) in [5.74, 6) is 0. The van der Waals surface area contributed by atoms with E-state index in [0.29, 0.717) is 0 Å². The van der Waals surface area contributed by atoms with Crippen LogP contribution in [0.15, 0.2) is 34.9 Å². The molecule has 2 rings (SSSR count).